The Kier molecular flexibility index (Phi) is 13.9. The largest absolute Gasteiger partial charge is 0.384 e. The van der Waals surface area contributed by atoms with Gasteiger partial charge in [0.25, 0.3) is 0 Å². The van der Waals surface area contributed by atoms with Crippen LogP contribution in [0.4, 0.5) is 16.0 Å². The van der Waals surface area contributed by atoms with Gasteiger partial charge < -0.3 is 27.3 Å². The number of nitrogens with zero attached hydrogens (tertiary/aromatic N) is 2. The van der Waals surface area contributed by atoms with Crippen LogP contribution in [-0.4, -0.2) is 41.8 Å². The van der Waals surface area contributed by atoms with Crippen LogP contribution in [0, 0.1) is 24.6 Å². The molecule has 44 heavy (non-hydrogen) atoms. The number of hydrogen-bond donors (Lipinski definition) is 4. The number of anilines is 2. The van der Waals surface area contributed by atoms with Crippen LogP contribution in [0.2, 0.25) is 0 Å². The average Bonchev–Trinajstić information content (AvgIpc) is 3.62. The lowest BCUT2D eigenvalue weighted by Crippen LogP contribution is -2.36. The molecule has 2 heterocycles. The number of aryl methyl sites for hydroxylation is 2. The fourth-order valence-electron chi connectivity index (χ4n) is 6.83. The topological polar surface area (TPSA) is 125 Å². The zero-order valence-electron chi connectivity index (χ0n) is 26.5. The van der Waals surface area contributed by atoms with Gasteiger partial charge in [0.15, 0.2) is 0 Å². The molecule has 240 valence electrons. The predicted molar refractivity (Wildman–Crippen MR) is 179 cm³/mol. The van der Waals surface area contributed by atoms with E-state index in [1.54, 1.807) is 12.1 Å². The molecule has 0 bridgehead atoms. The summed E-state index contributed by atoms with van der Waals surface area (Å²) in [5.41, 5.74) is 21.6. The first-order chi connectivity index (χ1) is 21.4. The molecule has 0 amide bonds. The fourth-order valence-corrected chi connectivity index (χ4v) is 6.83. The van der Waals surface area contributed by atoms with Crippen molar-refractivity contribution >= 4 is 11.6 Å². The van der Waals surface area contributed by atoms with E-state index in [4.69, 9.17) is 21.9 Å². The summed E-state index contributed by atoms with van der Waals surface area (Å²) in [6, 6.07) is 17.4. The van der Waals surface area contributed by atoms with Crippen molar-refractivity contribution < 1.29 is 9.13 Å². The number of benzene rings is 1. The summed E-state index contributed by atoms with van der Waals surface area (Å²) >= 11 is 0. The second-order valence-corrected chi connectivity index (χ2v) is 12.6. The van der Waals surface area contributed by atoms with Crippen LogP contribution in [-0.2, 0) is 24.0 Å². The van der Waals surface area contributed by atoms with Crippen LogP contribution in [0.15, 0.2) is 54.6 Å². The Morgan fingerprint density at radius 1 is 0.841 bits per heavy atom. The van der Waals surface area contributed by atoms with Crippen molar-refractivity contribution in [2.45, 2.75) is 96.1 Å². The summed E-state index contributed by atoms with van der Waals surface area (Å²) in [4.78, 5) is 8.86. The highest BCUT2D eigenvalue weighted by atomic mass is 19.1. The summed E-state index contributed by atoms with van der Waals surface area (Å²) < 4.78 is 19.4. The molecule has 0 radical (unpaired) electrons. The van der Waals surface area contributed by atoms with Crippen LogP contribution >= 0.6 is 0 Å². The van der Waals surface area contributed by atoms with Gasteiger partial charge in [-0.3, -0.25) is 0 Å². The van der Waals surface area contributed by atoms with E-state index >= 15 is 0 Å². The minimum absolute atomic E-state index is 0.145. The lowest BCUT2D eigenvalue weighted by Gasteiger charge is -2.20. The van der Waals surface area contributed by atoms with Crippen LogP contribution < -0.4 is 22.5 Å². The summed E-state index contributed by atoms with van der Waals surface area (Å²) in [5.74, 6) is 2.31. The number of nitrogens with two attached hydrogens (primary N) is 3. The van der Waals surface area contributed by atoms with E-state index in [9.17, 15) is 4.39 Å². The molecule has 8 heteroatoms. The molecule has 4 atom stereocenters. The maximum absolute atomic E-state index is 13.2. The number of unbranched alkanes of at least 4 members (excludes halogenated alkanes) is 2. The number of nitrogen functional groups attached to an aromatic ring is 2. The number of nitrogens with one attached hydrogen (secondary N) is 1. The maximum Gasteiger partial charge on any atom is 0.123 e. The molecule has 2 aliphatic carbocycles. The van der Waals surface area contributed by atoms with Gasteiger partial charge >= 0.3 is 0 Å². The van der Waals surface area contributed by atoms with Crippen molar-refractivity contribution in [2.75, 3.05) is 31.2 Å². The van der Waals surface area contributed by atoms with E-state index in [-0.39, 0.29) is 5.82 Å². The fraction of sp³-hybridized carbons (Fsp3) is 0.556. The Balaban J connectivity index is 0.000000223. The molecule has 0 saturated heterocycles. The Morgan fingerprint density at radius 3 is 2.41 bits per heavy atom. The van der Waals surface area contributed by atoms with Crippen LogP contribution in [0.5, 0.6) is 0 Å². The molecule has 2 aliphatic rings. The van der Waals surface area contributed by atoms with Gasteiger partial charge in [-0.2, -0.15) is 0 Å². The van der Waals surface area contributed by atoms with Gasteiger partial charge in [0, 0.05) is 37.1 Å². The van der Waals surface area contributed by atoms with E-state index in [0.29, 0.717) is 42.2 Å². The van der Waals surface area contributed by atoms with Gasteiger partial charge in [0.1, 0.15) is 17.5 Å². The zero-order chi connectivity index (χ0) is 31.1. The summed E-state index contributed by atoms with van der Waals surface area (Å²) in [5, 5.41) is 3.53. The van der Waals surface area contributed by atoms with Crippen molar-refractivity contribution in [1.82, 2.24) is 15.3 Å². The van der Waals surface area contributed by atoms with Gasteiger partial charge in [-0.15, -0.1) is 0 Å². The van der Waals surface area contributed by atoms with Crippen molar-refractivity contribution in [3.8, 4) is 0 Å². The first kappa shape index (κ1) is 33.8. The lowest BCUT2D eigenvalue weighted by atomic mass is 9.97. The van der Waals surface area contributed by atoms with E-state index in [1.807, 2.05) is 24.3 Å². The molecule has 7 N–H and O–H groups in total. The first-order valence-electron chi connectivity index (χ1n) is 16.6. The van der Waals surface area contributed by atoms with Crippen LogP contribution in [0.25, 0.3) is 0 Å². The SMILES string of the molecule is Cc1cc(N)nc(CC2CCCC2OCCCCCc2cccc(F)c2)c1.NCCNC1CCCC1Cc1cccc(N)n1. The Morgan fingerprint density at radius 2 is 1.61 bits per heavy atom. The summed E-state index contributed by atoms with van der Waals surface area (Å²) in [6.07, 6.45) is 13.9. The molecule has 2 saturated carbocycles. The van der Waals surface area contributed by atoms with Gasteiger partial charge in [0.05, 0.1) is 6.10 Å². The molecular formula is C36H53FN6O. The molecule has 3 aromatic rings. The molecule has 7 nitrogen and oxygen atoms in total. The first-order valence-corrected chi connectivity index (χ1v) is 16.6. The normalized spacial score (nSPS) is 21.2. The summed E-state index contributed by atoms with van der Waals surface area (Å²) in [6.45, 7) is 4.49. The minimum Gasteiger partial charge on any atom is -0.384 e. The third kappa shape index (κ3) is 11.5. The van der Waals surface area contributed by atoms with Crippen molar-refractivity contribution in [3.05, 3.63) is 82.9 Å². The zero-order valence-corrected chi connectivity index (χ0v) is 26.5. The molecule has 2 aromatic heterocycles. The molecule has 5 rings (SSSR count). The van der Waals surface area contributed by atoms with Crippen molar-refractivity contribution in [1.29, 1.82) is 0 Å². The number of aromatic nitrogens is 2. The number of ether oxygens (including phenoxy) is 1. The quantitative estimate of drug-likeness (QED) is 0.162. The van der Waals surface area contributed by atoms with Crippen molar-refractivity contribution in [2.24, 2.45) is 17.6 Å². The van der Waals surface area contributed by atoms with Crippen LogP contribution in [0.1, 0.15) is 80.3 Å². The Bertz CT molecular complexity index is 1250. The highest BCUT2D eigenvalue weighted by molar-refractivity contribution is 5.34. The molecular weight excluding hydrogens is 551 g/mol. The number of rotatable bonds is 14. The monoisotopic (exact) mass is 604 g/mol. The van der Waals surface area contributed by atoms with Gasteiger partial charge in [-0.25, -0.2) is 14.4 Å². The highest BCUT2D eigenvalue weighted by Crippen LogP contribution is 2.31. The minimum atomic E-state index is -0.145. The third-order valence-corrected chi connectivity index (χ3v) is 8.94. The van der Waals surface area contributed by atoms with E-state index < -0.39 is 0 Å². The van der Waals surface area contributed by atoms with E-state index in [0.717, 1.165) is 75.0 Å². The number of hydrogen-bond acceptors (Lipinski definition) is 7. The highest BCUT2D eigenvalue weighted by Gasteiger charge is 2.29. The average molecular weight is 605 g/mol. The third-order valence-electron chi connectivity index (χ3n) is 8.94. The second-order valence-electron chi connectivity index (χ2n) is 12.6. The Hall–Kier alpha value is -3.07. The predicted octanol–water partition coefficient (Wildman–Crippen LogP) is 6.18. The van der Waals surface area contributed by atoms with Crippen LogP contribution in [0.3, 0.4) is 0 Å². The number of pyridine rings is 2. The van der Waals surface area contributed by atoms with E-state index in [2.05, 4.69) is 34.3 Å². The lowest BCUT2D eigenvalue weighted by molar-refractivity contribution is 0.0254. The molecule has 2 fully saturated rings. The second kappa shape index (κ2) is 18.0. The molecule has 1 aromatic carbocycles. The van der Waals surface area contributed by atoms with Gasteiger partial charge in [-0.05, 0) is 124 Å². The summed E-state index contributed by atoms with van der Waals surface area (Å²) in [7, 11) is 0. The molecule has 0 spiro atoms. The maximum atomic E-state index is 13.2. The molecule has 4 unspecified atom stereocenters. The smallest absolute Gasteiger partial charge is 0.123 e. The van der Waals surface area contributed by atoms with E-state index in [1.165, 1.54) is 43.7 Å². The standard InChI is InChI=1S/C23H31FN2O.C13H22N4/c1-17-13-21(26-23(25)14-17)16-19-9-6-11-22(19)27-12-4-2-3-7-18-8-5-10-20(24)15-18;14-7-8-16-12-5-1-3-10(12)9-11-4-2-6-13(15)17-11/h5,8,10,13-15,19,22H,2-4,6-7,9,11-12,16H2,1H3,(H2,25,26);2,4,6,10,12,16H,1,3,5,7-9,14H2,(H2,15,17). The molecule has 0 aliphatic heterocycles. The Labute approximate surface area is 263 Å². The van der Waals surface area contributed by atoms with Gasteiger partial charge in [-0.1, -0.05) is 37.5 Å². The van der Waals surface area contributed by atoms with Gasteiger partial charge in [0.2, 0.25) is 0 Å². The van der Waals surface area contributed by atoms with Crippen molar-refractivity contribution in [3.63, 3.8) is 0 Å². The number of halogens is 1.